The third-order valence-electron chi connectivity index (χ3n) is 3.75. The molecule has 1 aromatic carbocycles. The molecule has 1 amide bonds. The predicted octanol–water partition coefficient (Wildman–Crippen LogP) is 3.81. The summed E-state index contributed by atoms with van der Waals surface area (Å²) in [6, 6.07) is 4.38. The van der Waals surface area contributed by atoms with Gasteiger partial charge in [-0.25, -0.2) is 4.39 Å². The lowest BCUT2D eigenvalue weighted by molar-refractivity contribution is 0.0884. The van der Waals surface area contributed by atoms with Crippen LogP contribution in [0.5, 0.6) is 0 Å². The van der Waals surface area contributed by atoms with E-state index >= 15 is 0 Å². The summed E-state index contributed by atoms with van der Waals surface area (Å²) in [5, 5.41) is 3.02. The van der Waals surface area contributed by atoms with Crippen LogP contribution >= 0.6 is 11.6 Å². The van der Waals surface area contributed by atoms with Gasteiger partial charge >= 0.3 is 0 Å². The van der Waals surface area contributed by atoms with E-state index in [1.54, 1.807) is 13.0 Å². The van der Waals surface area contributed by atoms with Crippen LogP contribution in [-0.4, -0.2) is 17.3 Å². The minimum atomic E-state index is -0.381. The van der Waals surface area contributed by atoms with Gasteiger partial charge in [-0.15, -0.1) is 11.6 Å². The van der Waals surface area contributed by atoms with Crippen molar-refractivity contribution in [2.45, 2.75) is 44.6 Å². The molecule has 0 aliphatic heterocycles. The summed E-state index contributed by atoms with van der Waals surface area (Å²) in [5.74, 6) is -0.202. The lowest BCUT2D eigenvalue weighted by Crippen LogP contribution is -2.51. The Morgan fingerprint density at radius 2 is 2.00 bits per heavy atom. The van der Waals surface area contributed by atoms with E-state index in [0.29, 0.717) is 11.4 Å². The van der Waals surface area contributed by atoms with Crippen molar-refractivity contribution in [3.05, 3.63) is 35.1 Å². The SMILES string of the molecule is Cc1cc(F)cc(C(=O)NC2(CCl)CCCCC2)c1. The quantitative estimate of drug-likeness (QED) is 0.840. The highest BCUT2D eigenvalue weighted by Gasteiger charge is 2.33. The smallest absolute Gasteiger partial charge is 0.251 e. The molecule has 4 heteroatoms. The number of hydrogen-bond acceptors (Lipinski definition) is 1. The first-order chi connectivity index (χ1) is 9.04. The fourth-order valence-electron chi connectivity index (χ4n) is 2.70. The number of benzene rings is 1. The number of hydrogen-bond donors (Lipinski definition) is 1. The van der Waals surface area contributed by atoms with Crippen LogP contribution < -0.4 is 5.32 Å². The van der Waals surface area contributed by atoms with Crippen LogP contribution in [0.3, 0.4) is 0 Å². The first-order valence-corrected chi connectivity index (χ1v) is 7.24. The number of carbonyl (C=O) groups excluding carboxylic acids is 1. The Labute approximate surface area is 118 Å². The van der Waals surface area contributed by atoms with Gasteiger partial charge in [0.2, 0.25) is 0 Å². The highest BCUT2D eigenvalue weighted by atomic mass is 35.5. The summed E-state index contributed by atoms with van der Waals surface area (Å²) in [4.78, 5) is 12.2. The first kappa shape index (κ1) is 14.3. The Morgan fingerprint density at radius 3 is 2.58 bits per heavy atom. The molecule has 1 aliphatic rings. The maximum absolute atomic E-state index is 13.3. The summed E-state index contributed by atoms with van der Waals surface area (Å²) >= 11 is 6.04. The average Bonchev–Trinajstić information content (AvgIpc) is 2.38. The first-order valence-electron chi connectivity index (χ1n) is 6.70. The molecule has 0 heterocycles. The van der Waals surface area contributed by atoms with E-state index in [-0.39, 0.29) is 17.3 Å². The molecule has 0 aromatic heterocycles. The van der Waals surface area contributed by atoms with Gasteiger partial charge in [0.15, 0.2) is 0 Å². The van der Waals surface area contributed by atoms with E-state index in [4.69, 9.17) is 11.6 Å². The monoisotopic (exact) mass is 283 g/mol. The molecule has 2 rings (SSSR count). The summed E-state index contributed by atoms with van der Waals surface area (Å²) in [6.45, 7) is 1.78. The highest BCUT2D eigenvalue weighted by Crippen LogP contribution is 2.29. The van der Waals surface area contributed by atoms with Crippen molar-refractivity contribution in [2.24, 2.45) is 0 Å². The van der Waals surface area contributed by atoms with Crippen molar-refractivity contribution >= 4 is 17.5 Å². The molecule has 1 saturated carbocycles. The molecule has 1 N–H and O–H groups in total. The fourth-order valence-corrected chi connectivity index (χ4v) is 3.04. The van der Waals surface area contributed by atoms with Crippen LogP contribution in [-0.2, 0) is 0 Å². The molecule has 2 nitrogen and oxygen atoms in total. The second kappa shape index (κ2) is 5.91. The van der Waals surface area contributed by atoms with Crippen molar-refractivity contribution in [1.29, 1.82) is 0 Å². The van der Waals surface area contributed by atoms with Gasteiger partial charge in [-0.2, -0.15) is 0 Å². The second-order valence-corrected chi connectivity index (χ2v) is 5.71. The van der Waals surface area contributed by atoms with Gasteiger partial charge in [0.1, 0.15) is 5.82 Å². The van der Waals surface area contributed by atoms with Gasteiger partial charge in [0.05, 0.1) is 5.54 Å². The molecule has 0 unspecified atom stereocenters. The number of aryl methyl sites for hydroxylation is 1. The van der Waals surface area contributed by atoms with Gasteiger partial charge in [-0.05, 0) is 43.5 Å². The van der Waals surface area contributed by atoms with Crippen LogP contribution in [0.15, 0.2) is 18.2 Å². The third kappa shape index (κ3) is 3.47. The summed E-state index contributed by atoms with van der Waals surface area (Å²) in [7, 11) is 0. The number of rotatable bonds is 3. The van der Waals surface area contributed by atoms with E-state index in [2.05, 4.69) is 5.32 Å². The molecule has 104 valence electrons. The predicted molar refractivity (Wildman–Crippen MR) is 75.1 cm³/mol. The summed E-state index contributed by atoms with van der Waals surface area (Å²) in [5.41, 5.74) is 0.790. The van der Waals surface area contributed by atoms with E-state index in [0.717, 1.165) is 31.2 Å². The number of nitrogens with one attached hydrogen (secondary N) is 1. The van der Waals surface area contributed by atoms with Gasteiger partial charge < -0.3 is 5.32 Å². The van der Waals surface area contributed by atoms with E-state index < -0.39 is 0 Å². The molecule has 1 fully saturated rings. The minimum Gasteiger partial charge on any atom is -0.345 e. The Morgan fingerprint density at radius 1 is 1.32 bits per heavy atom. The Kier molecular flexibility index (Phi) is 4.46. The number of amides is 1. The van der Waals surface area contributed by atoms with Crippen LogP contribution in [0, 0.1) is 12.7 Å². The Balaban J connectivity index is 2.15. The van der Waals surface area contributed by atoms with Crippen molar-refractivity contribution in [3.8, 4) is 0 Å². The molecule has 0 atom stereocenters. The maximum Gasteiger partial charge on any atom is 0.251 e. The van der Waals surface area contributed by atoms with Gasteiger partial charge in [-0.3, -0.25) is 4.79 Å². The molecule has 0 bridgehead atoms. The molecular weight excluding hydrogens is 265 g/mol. The molecule has 1 aromatic rings. The van der Waals surface area contributed by atoms with Crippen molar-refractivity contribution in [2.75, 3.05) is 5.88 Å². The van der Waals surface area contributed by atoms with Crippen molar-refractivity contribution in [3.63, 3.8) is 0 Å². The lowest BCUT2D eigenvalue weighted by Gasteiger charge is -2.36. The maximum atomic E-state index is 13.3. The number of alkyl halides is 1. The van der Waals surface area contributed by atoms with Gasteiger partial charge in [0.25, 0.3) is 5.91 Å². The van der Waals surface area contributed by atoms with Crippen LogP contribution in [0.2, 0.25) is 0 Å². The zero-order valence-electron chi connectivity index (χ0n) is 11.1. The van der Waals surface area contributed by atoms with Gasteiger partial charge in [0, 0.05) is 11.4 Å². The molecule has 0 radical (unpaired) electrons. The molecule has 19 heavy (non-hydrogen) atoms. The number of halogens is 2. The van der Waals surface area contributed by atoms with E-state index in [1.807, 2.05) is 0 Å². The van der Waals surface area contributed by atoms with Crippen LogP contribution in [0.1, 0.15) is 48.0 Å². The molecular formula is C15H19ClFNO. The molecule has 0 saturated heterocycles. The fraction of sp³-hybridized carbons (Fsp3) is 0.533. The zero-order valence-corrected chi connectivity index (χ0v) is 11.9. The highest BCUT2D eigenvalue weighted by molar-refractivity contribution is 6.19. The van der Waals surface area contributed by atoms with Gasteiger partial charge in [-0.1, -0.05) is 19.3 Å². The van der Waals surface area contributed by atoms with Crippen molar-refractivity contribution < 1.29 is 9.18 Å². The summed E-state index contributed by atoms with van der Waals surface area (Å²) in [6.07, 6.45) is 5.14. The molecule has 0 spiro atoms. The summed E-state index contributed by atoms with van der Waals surface area (Å²) < 4.78 is 13.3. The standard InChI is InChI=1S/C15H19ClFNO/c1-11-7-12(9-13(17)8-11)14(19)18-15(10-16)5-3-2-4-6-15/h7-9H,2-6,10H2,1H3,(H,18,19). The minimum absolute atomic E-state index is 0.231. The normalized spacial score (nSPS) is 18.1. The van der Waals surface area contributed by atoms with E-state index in [9.17, 15) is 9.18 Å². The molecule has 1 aliphatic carbocycles. The lowest BCUT2D eigenvalue weighted by atomic mass is 9.83. The Bertz CT molecular complexity index is 449. The zero-order chi connectivity index (χ0) is 13.9. The third-order valence-corrected chi connectivity index (χ3v) is 4.26. The number of carbonyl (C=O) groups is 1. The van der Waals surface area contributed by atoms with Crippen LogP contribution in [0.25, 0.3) is 0 Å². The second-order valence-electron chi connectivity index (χ2n) is 5.45. The Hall–Kier alpha value is -1.09. The van der Waals surface area contributed by atoms with Crippen molar-refractivity contribution in [1.82, 2.24) is 5.32 Å². The topological polar surface area (TPSA) is 29.1 Å². The largest absolute Gasteiger partial charge is 0.345 e. The average molecular weight is 284 g/mol. The van der Waals surface area contributed by atoms with Crippen LogP contribution in [0.4, 0.5) is 4.39 Å². The van der Waals surface area contributed by atoms with E-state index in [1.165, 1.54) is 18.6 Å².